The molecule has 0 saturated heterocycles. The van der Waals surface area contributed by atoms with E-state index in [1.54, 1.807) is 25.1 Å². The summed E-state index contributed by atoms with van der Waals surface area (Å²) >= 11 is 1.37. The van der Waals surface area contributed by atoms with E-state index in [1.807, 2.05) is 11.4 Å². The summed E-state index contributed by atoms with van der Waals surface area (Å²) in [5.74, 6) is -2.18. The van der Waals surface area contributed by atoms with Gasteiger partial charge in [0.2, 0.25) is 15.7 Å². The number of pyridine rings is 1. The zero-order valence-corrected chi connectivity index (χ0v) is 16.3. The number of thiophene rings is 1. The molecule has 0 aliphatic rings. The number of benzene rings is 1. The van der Waals surface area contributed by atoms with Crippen molar-refractivity contribution >= 4 is 32.8 Å². The minimum atomic E-state index is -4.18. The van der Waals surface area contributed by atoms with Crippen LogP contribution in [0.5, 0.6) is 0 Å². The Hall–Kier alpha value is -3.09. The predicted molar refractivity (Wildman–Crippen MR) is 104 cm³/mol. The number of carbonyl (C=O) groups excluding carboxylic acids is 1. The lowest BCUT2D eigenvalue weighted by atomic mass is 10.1. The number of carbonyl (C=O) groups is 1. The van der Waals surface area contributed by atoms with Crippen molar-refractivity contribution < 1.29 is 17.6 Å². The third-order valence-corrected chi connectivity index (χ3v) is 6.19. The van der Waals surface area contributed by atoms with Crippen molar-refractivity contribution in [2.75, 3.05) is 11.1 Å². The Bertz CT molecular complexity index is 1170. The van der Waals surface area contributed by atoms with Gasteiger partial charge < -0.3 is 5.32 Å². The van der Waals surface area contributed by atoms with Crippen LogP contribution in [-0.2, 0) is 14.6 Å². The smallest absolute Gasteiger partial charge is 0.240 e. The lowest BCUT2D eigenvalue weighted by Gasteiger charge is -2.11. The molecule has 0 atom stereocenters. The van der Waals surface area contributed by atoms with Gasteiger partial charge in [-0.1, -0.05) is 6.07 Å². The fourth-order valence-electron chi connectivity index (χ4n) is 2.58. The van der Waals surface area contributed by atoms with Gasteiger partial charge in [0, 0.05) is 21.8 Å². The first kappa shape index (κ1) is 19.7. The Kier molecular flexibility index (Phi) is 5.53. The average Bonchev–Trinajstić information content (AvgIpc) is 3.17. The highest BCUT2D eigenvalue weighted by Crippen LogP contribution is 2.31. The van der Waals surface area contributed by atoms with Crippen LogP contribution in [-0.4, -0.2) is 25.1 Å². The van der Waals surface area contributed by atoms with Crippen LogP contribution in [0.1, 0.15) is 11.3 Å². The van der Waals surface area contributed by atoms with Crippen LogP contribution >= 0.6 is 11.3 Å². The lowest BCUT2D eigenvalue weighted by molar-refractivity contribution is -0.113. The quantitative estimate of drug-likeness (QED) is 0.687. The normalized spacial score (nSPS) is 11.0. The molecule has 3 aromatic rings. The molecule has 1 amide bonds. The Morgan fingerprint density at radius 1 is 1.29 bits per heavy atom. The molecule has 9 heteroatoms. The van der Waals surface area contributed by atoms with E-state index < -0.39 is 32.3 Å². The molecule has 0 aliphatic heterocycles. The first-order valence-electron chi connectivity index (χ1n) is 8.04. The fraction of sp³-hybridized carbons (Fsp3) is 0.105. The second-order valence-corrected chi connectivity index (χ2v) is 8.75. The van der Waals surface area contributed by atoms with E-state index >= 15 is 0 Å². The van der Waals surface area contributed by atoms with Crippen molar-refractivity contribution in [1.29, 1.82) is 5.26 Å². The molecule has 0 spiro atoms. The Labute approximate surface area is 165 Å². The molecule has 1 N–H and O–H groups in total. The van der Waals surface area contributed by atoms with Crippen LogP contribution in [0.25, 0.3) is 10.4 Å². The van der Waals surface area contributed by atoms with Crippen molar-refractivity contribution in [3.63, 3.8) is 0 Å². The number of nitrogens with zero attached hydrogens (tertiary/aromatic N) is 2. The van der Waals surface area contributed by atoms with Crippen LogP contribution in [0.3, 0.4) is 0 Å². The molecule has 0 saturated carbocycles. The van der Waals surface area contributed by atoms with Crippen LogP contribution in [0, 0.1) is 24.1 Å². The topological polar surface area (TPSA) is 99.9 Å². The van der Waals surface area contributed by atoms with E-state index in [2.05, 4.69) is 10.3 Å². The minimum Gasteiger partial charge on any atom is -0.325 e. The number of rotatable bonds is 5. The number of anilines is 1. The fourth-order valence-corrected chi connectivity index (χ4v) is 4.63. The van der Waals surface area contributed by atoms with Crippen molar-refractivity contribution in [3.8, 4) is 16.5 Å². The summed E-state index contributed by atoms with van der Waals surface area (Å²) in [5, 5.41) is 13.4. The van der Waals surface area contributed by atoms with Crippen molar-refractivity contribution in [1.82, 2.24) is 4.98 Å². The first-order chi connectivity index (χ1) is 13.3. The van der Waals surface area contributed by atoms with Crippen LogP contribution < -0.4 is 5.32 Å². The lowest BCUT2D eigenvalue weighted by Crippen LogP contribution is -2.24. The van der Waals surface area contributed by atoms with Gasteiger partial charge >= 0.3 is 0 Å². The van der Waals surface area contributed by atoms with Gasteiger partial charge in [0.25, 0.3) is 0 Å². The molecular weight excluding hydrogens is 401 g/mol. The molecule has 0 fully saturated rings. The number of amides is 1. The van der Waals surface area contributed by atoms with Crippen LogP contribution in [0.2, 0.25) is 0 Å². The van der Waals surface area contributed by atoms with Gasteiger partial charge in [0.1, 0.15) is 17.6 Å². The molecule has 2 heterocycles. The summed E-state index contributed by atoms with van der Waals surface area (Å²) in [6.07, 6.45) is 0. The number of nitriles is 1. The molecule has 28 heavy (non-hydrogen) atoms. The number of halogens is 1. The first-order valence-corrected chi connectivity index (χ1v) is 10.6. The Balaban J connectivity index is 1.94. The Morgan fingerprint density at radius 2 is 2.00 bits per heavy atom. The number of aryl methyl sites for hydroxylation is 1. The van der Waals surface area contributed by atoms with Gasteiger partial charge in [-0.25, -0.2) is 17.8 Å². The predicted octanol–water partition coefficient (Wildman–Crippen LogP) is 3.54. The van der Waals surface area contributed by atoms with E-state index in [-0.39, 0.29) is 11.3 Å². The number of nitrogens with one attached hydrogen (secondary N) is 1. The van der Waals surface area contributed by atoms with Crippen molar-refractivity contribution in [3.05, 3.63) is 64.9 Å². The number of hydrogen-bond donors (Lipinski definition) is 1. The minimum absolute atomic E-state index is 0.0948. The monoisotopic (exact) mass is 415 g/mol. The van der Waals surface area contributed by atoms with Crippen LogP contribution in [0.4, 0.5) is 10.1 Å². The molecule has 0 aliphatic carbocycles. The SMILES string of the molecule is Cc1cc(-c2cccs2)c(C#N)c(S(=O)(=O)CC(=O)Nc2ccc(F)cc2)n1. The summed E-state index contributed by atoms with van der Waals surface area (Å²) < 4.78 is 38.6. The highest BCUT2D eigenvalue weighted by atomic mass is 32.2. The number of sulfone groups is 1. The molecule has 0 unspecified atom stereocenters. The molecule has 2 aromatic heterocycles. The summed E-state index contributed by atoms with van der Waals surface area (Å²) in [4.78, 5) is 16.9. The van der Waals surface area contributed by atoms with Crippen molar-refractivity contribution in [2.45, 2.75) is 11.9 Å². The Morgan fingerprint density at radius 3 is 2.61 bits per heavy atom. The standard InChI is InChI=1S/C19H14FN3O3S2/c1-12-9-15(17-3-2-8-27-17)16(10-21)19(22-12)28(25,26)11-18(24)23-14-6-4-13(20)5-7-14/h2-9H,11H2,1H3,(H,23,24). The molecule has 3 rings (SSSR count). The zero-order valence-electron chi connectivity index (χ0n) is 14.6. The highest BCUT2D eigenvalue weighted by molar-refractivity contribution is 7.92. The van der Waals surface area contributed by atoms with E-state index in [4.69, 9.17) is 0 Å². The third-order valence-electron chi connectivity index (χ3n) is 3.76. The maximum atomic E-state index is 12.9. The van der Waals surface area contributed by atoms with Crippen LogP contribution in [0.15, 0.2) is 52.9 Å². The van der Waals surface area contributed by atoms with Gasteiger partial charge in [0.15, 0.2) is 5.03 Å². The summed E-state index contributed by atoms with van der Waals surface area (Å²) in [5.41, 5.74) is 1.05. The van der Waals surface area contributed by atoms with E-state index in [0.717, 1.165) is 17.0 Å². The third kappa shape index (κ3) is 4.24. The average molecular weight is 415 g/mol. The largest absolute Gasteiger partial charge is 0.325 e. The second-order valence-electron chi connectivity index (χ2n) is 5.89. The second kappa shape index (κ2) is 7.88. The zero-order chi connectivity index (χ0) is 20.3. The number of aromatic nitrogens is 1. The highest BCUT2D eigenvalue weighted by Gasteiger charge is 2.27. The van der Waals surface area contributed by atoms with E-state index in [1.165, 1.54) is 23.5 Å². The summed E-state index contributed by atoms with van der Waals surface area (Å²) in [6.45, 7) is 1.62. The van der Waals surface area contributed by atoms with Gasteiger partial charge in [-0.3, -0.25) is 4.79 Å². The van der Waals surface area contributed by atoms with E-state index in [9.17, 15) is 22.9 Å². The van der Waals surface area contributed by atoms with Gasteiger partial charge in [-0.2, -0.15) is 5.26 Å². The number of hydrogen-bond acceptors (Lipinski definition) is 6. The van der Waals surface area contributed by atoms with Gasteiger partial charge in [0.05, 0.1) is 5.56 Å². The maximum absolute atomic E-state index is 12.9. The van der Waals surface area contributed by atoms with Crippen molar-refractivity contribution in [2.24, 2.45) is 0 Å². The summed E-state index contributed by atoms with van der Waals surface area (Å²) in [7, 11) is -4.18. The van der Waals surface area contributed by atoms with E-state index in [0.29, 0.717) is 11.3 Å². The maximum Gasteiger partial charge on any atom is 0.240 e. The van der Waals surface area contributed by atoms with Gasteiger partial charge in [-0.05, 0) is 48.7 Å². The molecule has 142 valence electrons. The van der Waals surface area contributed by atoms with Gasteiger partial charge in [-0.15, -0.1) is 11.3 Å². The summed E-state index contributed by atoms with van der Waals surface area (Å²) in [6, 6.07) is 12.0. The molecule has 1 aromatic carbocycles. The molecule has 6 nitrogen and oxygen atoms in total. The molecule has 0 bridgehead atoms. The molecular formula is C19H14FN3O3S2. The molecule has 0 radical (unpaired) electrons.